The highest BCUT2D eigenvalue weighted by molar-refractivity contribution is 5.83. The van der Waals surface area contributed by atoms with Gasteiger partial charge < -0.3 is 9.47 Å². The summed E-state index contributed by atoms with van der Waals surface area (Å²) >= 11 is 0. The molecule has 0 heterocycles. The van der Waals surface area contributed by atoms with Crippen LogP contribution in [0.25, 0.3) is 0 Å². The van der Waals surface area contributed by atoms with Crippen LogP contribution in [0.2, 0.25) is 0 Å². The summed E-state index contributed by atoms with van der Waals surface area (Å²) in [6.45, 7) is 18.9. The van der Waals surface area contributed by atoms with E-state index in [1.807, 2.05) is 33.9 Å². The van der Waals surface area contributed by atoms with Gasteiger partial charge in [-0.1, -0.05) is 47.6 Å². The van der Waals surface area contributed by atoms with E-state index in [2.05, 4.69) is 45.6 Å². The van der Waals surface area contributed by atoms with E-state index >= 15 is 0 Å². The quantitative estimate of drug-likeness (QED) is 0.396. The third-order valence-corrected chi connectivity index (χ3v) is 4.66. The Labute approximate surface area is 166 Å². The molecule has 0 aliphatic carbocycles. The van der Waals surface area contributed by atoms with Crippen molar-refractivity contribution in [1.82, 2.24) is 4.90 Å². The molecule has 0 saturated heterocycles. The number of nitriles is 1. The summed E-state index contributed by atoms with van der Waals surface area (Å²) in [6, 6.07) is 2.33. The zero-order valence-electron chi connectivity index (χ0n) is 18.9. The minimum atomic E-state index is -0.301. The van der Waals surface area contributed by atoms with Crippen LogP contribution in [-0.2, 0) is 14.3 Å². The van der Waals surface area contributed by atoms with E-state index in [9.17, 15) is 10.1 Å². The van der Waals surface area contributed by atoms with Gasteiger partial charge in [0.15, 0.2) is 0 Å². The summed E-state index contributed by atoms with van der Waals surface area (Å²) in [6.07, 6.45) is 2.49. The first-order chi connectivity index (χ1) is 12.2. The van der Waals surface area contributed by atoms with Gasteiger partial charge in [0.25, 0.3) is 0 Å². The third kappa shape index (κ3) is 10.6. The molecule has 5 heteroatoms. The van der Waals surface area contributed by atoms with Gasteiger partial charge in [-0.25, -0.2) is 0 Å². The second kappa shape index (κ2) is 10.9. The number of rotatable bonds is 11. The Morgan fingerprint density at radius 3 is 1.89 bits per heavy atom. The molecule has 0 aromatic rings. The van der Waals surface area contributed by atoms with Gasteiger partial charge in [0.1, 0.15) is 5.78 Å². The average molecular weight is 381 g/mol. The second-order valence-electron chi connectivity index (χ2n) is 9.64. The van der Waals surface area contributed by atoms with Crippen LogP contribution >= 0.6 is 0 Å². The van der Waals surface area contributed by atoms with Crippen molar-refractivity contribution in [3.8, 4) is 6.07 Å². The molecule has 0 aromatic heterocycles. The minimum Gasteiger partial charge on any atom is -0.379 e. The maximum atomic E-state index is 11.8. The van der Waals surface area contributed by atoms with Gasteiger partial charge in [0.2, 0.25) is 0 Å². The van der Waals surface area contributed by atoms with Crippen molar-refractivity contribution in [2.45, 2.75) is 67.3 Å². The first-order valence-electron chi connectivity index (χ1n) is 9.75. The Kier molecular flexibility index (Phi) is 10.5. The summed E-state index contributed by atoms with van der Waals surface area (Å²) < 4.78 is 11.1. The molecule has 0 bridgehead atoms. The molecule has 0 radical (unpaired) electrons. The van der Waals surface area contributed by atoms with Gasteiger partial charge >= 0.3 is 0 Å². The number of likely N-dealkylation sites (N-methyl/N-ethyl adjacent to an activating group) is 1. The Morgan fingerprint density at radius 1 is 0.926 bits per heavy atom. The number of ketones is 1. The van der Waals surface area contributed by atoms with E-state index in [1.54, 1.807) is 0 Å². The number of Topliss-reactive ketones (excluding diaryl/α,β-unsaturated/α-hetero) is 1. The lowest BCUT2D eigenvalue weighted by Gasteiger charge is -2.34. The number of allylic oxidation sites excluding steroid dienone is 1. The maximum Gasteiger partial charge on any atom is 0.140 e. The molecule has 0 unspecified atom stereocenters. The van der Waals surface area contributed by atoms with Gasteiger partial charge in [-0.2, -0.15) is 5.26 Å². The molecule has 0 amide bonds. The molecule has 0 aliphatic heterocycles. The van der Waals surface area contributed by atoms with Crippen LogP contribution in [-0.4, -0.2) is 56.2 Å². The van der Waals surface area contributed by atoms with E-state index < -0.39 is 0 Å². The van der Waals surface area contributed by atoms with Crippen LogP contribution in [0.5, 0.6) is 0 Å². The first-order valence-corrected chi connectivity index (χ1v) is 9.75. The minimum absolute atomic E-state index is 0.158. The molecular formula is C22H40N2O3. The molecule has 0 spiro atoms. The number of hydrogen-bond acceptors (Lipinski definition) is 5. The topological polar surface area (TPSA) is 62.6 Å². The van der Waals surface area contributed by atoms with Crippen LogP contribution in [0, 0.1) is 22.2 Å². The number of hydrogen-bond donors (Lipinski definition) is 0. The summed E-state index contributed by atoms with van der Waals surface area (Å²) in [5.74, 6) is 0.215. The molecule has 0 N–H and O–H groups in total. The van der Waals surface area contributed by atoms with E-state index in [1.165, 1.54) is 0 Å². The van der Waals surface area contributed by atoms with E-state index in [0.717, 1.165) is 12.1 Å². The summed E-state index contributed by atoms with van der Waals surface area (Å²) in [4.78, 5) is 14.0. The highest BCUT2D eigenvalue weighted by atomic mass is 16.5. The van der Waals surface area contributed by atoms with Crippen LogP contribution in [0.4, 0.5) is 0 Å². The third-order valence-electron chi connectivity index (χ3n) is 4.66. The number of carbonyl (C=O) groups is 1. The SMILES string of the molecule is CN(CCOCCOCCC(=O)C(C)(C)C)C(C)(C)/C=C(\C#N)C(C)(C)C. The zero-order valence-corrected chi connectivity index (χ0v) is 18.9. The van der Waals surface area contributed by atoms with Gasteiger partial charge in [-0.15, -0.1) is 0 Å². The van der Waals surface area contributed by atoms with E-state index in [0.29, 0.717) is 32.8 Å². The fraction of sp³-hybridized carbons (Fsp3) is 0.818. The summed E-state index contributed by atoms with van der Waals surface area (Å²) in [5, 5.41) is 9.41. The highest BCUT2D eigenvalue weighted by Crippen LogP contribution is 2.28. The van der Waals surface area contributed by atoms with E-state index in [4.69, 9.17) is 9.47 Å². The van der Waals surface area contributed by atoms with Crippen LogP contribution < -0.4 is 0 Å². The standard InChI is InChI=1S/C22H40N2O3/c1-20(2,3)18(17-23)16-22(7,8)24(9)11-13-27-15-14-26-12-10-19(25)21(4,5)6/h16H,10-15H2,1-9H3/b18-16+. The van der Waals surface area contributed by atoms with Gasteiger partial charge in [-0.05, 0) is 26.3 Å². The van der Waals surface area contributed by atoms with Crippen molar-refractivity contribution >= 4 is 5.78 Å². The van der Waals surface area contributed by atoms with Gasteiger partial charge in [0.05, 0.1) is 32.5 Å². The highest BCUT2D eigenvalue weighted by Gasteiger charge is 2.25. The summed E-state index contributed by atoms with van der Waals surface area (Å²) in [5.41, 5.74) is 0.100. The molecular weight excluding hydrogens is 340 g/mol. The average Bonchev–Trinajstić information content (AvgIpc) is 2.52. The smallest absolute Gasteiger partial charge is 0.140 e. The lowest BCUT2D eigenvalue weighted by molar-refractivity contribution is -0.127. The maximum absolute atomic E-state index is 11.8. The summed E-state index contributed by atoms with van der Waals surface area (Å²) in [7, 11) is 2.03. The van der Waals surface area contributed by atoms with Crippen molar-refractivity contribution < 1.29 is 14.3 Å². The van der Waals surface area contributed by atoms with Crippen molar-refractivity contribution in [2.24, 2.45) is 10.8 Å². The van der Waals surface area contributed by atoms with E-state index in [-0.39, 0.29) is 22.2 Å². The molecule has 0 aromatic carbocycles. The molecule has 5 nitrogen and oxygen atoms in total. The Hall–Kier alpha value is -1.22. The lowest BCUT2D eigenvalue weighted by Crippen LogP contribution is -2.42. The second-order valence-corrected chi connectivity index (χ2v) is 9.64. The van der Waals surface area contributed by atoms with Crippen LogP contribution in [0.1, 0.15) is 61.8 Å². The van der Waals surface area contributed by atoms with Crippen LogP contribution in [0.3, 0.4) is 0 Å². The van der Waals surface area contributed by atoms with Crippen LogP contribution in [0.15, 0.2) is 11.6 Å². The molecule has 0 fully saturated rings. The lowest BCUT2D eigenvalue weighted by atomic mass is 9.83. The molecule has 0 saturated carbocycles. The van der Waals surface area contributed by atoms with Crippen molar-refractivity contribution in [3.63, 3.8) is 0 Å². The number of nitrogens with zero attached hydrogens (tertiary/aromatic N) is 2. The predicted octanol–water partition coefficient (Wildman–Crippen LogP) is 4.23. The largest absolute Gasteiger partial charge is 0.379 e. The predicted molar refractivity (Wildman–Crippen MR) is 111 cm³/mol. The first kappa shape index (κ1) is 25.8. The number of carbonyl (C=O) groups excluding carboxylic acids is 1. The Balaban J connectivity index is 4.13. The molecule has 0 aliphatic rings. The van der Waals surface area contributed by atoms with Crippen molar-refractivity contribution in [1.29, 1.82) is 5.26 Å². The van der Waals surface area contributed by atoms with Crippen molar-refractivity contribution in [2.75, 3.05) is 40.0 Å². The van der Waals surface area contributed by atoms with Gasteiger partial charge in [0, 0.05) is 29.5 Å². The molecule has 27 heavy (non-hydrogen) atoms. The Morgan fingerprint density at radius 2 is 1.44 bits per heavy atom. The normalized spacial score (nSPS) is 13.7. The molecule has 0 atom stereocenters. The van der Waals surface area contributed by atoms with Gasteiger partial charge in [-0.3, -0.25) is 9.69 Å². The number of ether oxygens (including phenoxy) is 2. The molecule has 156 valence electrons. The Bertz CT molecular complexity index is 531. The molecule has 0 rings (SSSR count). The van der Waals surface area contributed by atoms with Crippen molar-refractivity contribution in [3.05, 3.63) is 11.6 Å². The fourth-order valence-corrected chi connectivity index (χ4v) is 2.23. The fourth-order valence-electron chi connectivity index (χ4n) is 2.23. The zero-order chi connectivity index (χ0) is 21.3. The monoisotopic (exact) mass is 380 g/mol.